The summed E-state index contributed by atoms with van der Waals surface area (Å²) in [5.74, 6) is -0.220. The number of carbonyl (C=O) groups excluding carboxylic acids is 1. The highest BCUT2D eigenvalue weighted by Gasteiger charge is 1.98. The molecule has 0 rings (SSSR count). The first-order chi connectivity index (χ1) is 5.66. The summed E-state index contributed by atoms with van der Waals surface area (Å²) < 4.78 is 4.78. The van der Waals surface area contributed by atoms with Crippen molar-refractivity contribution in [2.45, 2.75) is 13.3 Å². The van der Waals surface area contributed by atoms with Gasteiger partial charge in [0.2, 0.25) is 0 Å². The molecular weight excluding hydrogens is 156 g/mol. The Morgan fingerprint density at radius 1 is 1.50 bits per heavy atom. The quantitative estimate of drug-likeness (QED) is 0.568. The molecule has 0 bridgehead atoms. The third kappa shape index (κ3) is 7.50. The Hall–Kier alpha value is -0.610. The Morgan fingerprint density at radius 2 is 2.17 bits per heavy atom. The van der Waals surface area contributed by atoms with Crippen molar-refractivity contribution in [2.24, 2.45) is 5.73 Å². The molecule has 4 nitrogen and oxygen atoms in total. The number of carbonyl (C=O) groups is 1. The fourth-order valence-electron chi connectivity index (χ4n) is 0.818. The highest BCUT2D eigenvalue weighted by atomic mass is 16.5. The van der Waals surface area contributed by atoms with Crippen molar-refractivity contribution in [1.29, 1.82) is 0 Å². The molecule has 0 saturated carbocycles. The fourth-order valence-corrected chi connectivity index (χ4v) is 0.818. The van der Waals surface area contributed by atoms with Crippen molar-refractivity contribution in [3.63, 3.8) is 0 Å². The van der Waals surface area contributed by atoms with Crippen LogP contribution in [0.25, 0.3) is 0 Å². The molecule has 72 valence electrons. The number of nitrogens with zero attached hydrogens (tertiary/aromatic N) is 1. The lowest BCUT2D eigenvalue weighted by atomic mass is 10.4. The smallest absolute Gasteiger partial charge is 0.302 e. The zero-order chi connectivity index (χ0) is 9.40. The van der Waals surface area contributed by atoms with E-state index in [1.165, 1.54) is 6.92 Å². The van der Waals surface area contributed by atoms with Gasteiger partial charge in [0.05, 0.1) is 0 Å². The lowest BCUT2D eigenvalue weighted by molar-refractivity contribution is -0.141. The average molecular weight is 174 g/mol. The SMILES string of the molecule is CC(=O)OCCN(C)CCCN. The van der Waals surface area contributed by atoms with Crippen molar-refractivity contribution in [1.82, 2.24) is 4.90 Å². The second-order valence-electron chi connectivity index (χ2n) is 2.79. The van der Waals surface area contributed by atoms with Crippen molar-refractivity contribution in [3.8, 4) is 0 Å². The summed E-state index contributed by atoms with van der Waals surface area (Å²) in [7, 11) is 1.99. The van der Waals surface area contributed by atoms with E-state index in [9.17, 15) is 4.79 Å². The van der Waals surface area contributed by atoms with E-state index >= 15 is 0 Å². The number of hydrogen-bond donors (Lipinski definition) is 1. The predicted molar refractivity (Wildman–Crippen MR) is 47.8 cm³/mol. The molecule has 0 aliphatic carbocycles. The largest absolute Gasteiger partial charge is 0.465 e. The number of likely N-dealkylation sites (N-methyl/N-ethyl adjacent to an activating group) is 1. The molecule has 0 radical (unpaired) electrons. The highest BCUT2D eigenvalue weighted by molar-refractivity contribution is 5.65. The van der Waals surface area contributed by atoms with Gasteiger partial charge in [0, 0.05) is 13.5 Å². The molecule has 0 amide bonds. The van der Waals surface area contributed by atoms with E-state index < -0.39 is 0 Å². The van der Waals surface area contributed by atoms with Gasteiger partial charge in [-0.3, -0.25) is 4.79 Å². The van der Waals surface area contributed by atoms with Gasteiger partial charge >= 0.3 is 5.97 Å². The molecule has 0 atom stereocenters. The van der Waals surface area contributed by atoms with Gasteiger partial charge in [0.25, 0.3) is 0 Å². The van der Waals surface area contributed by atoms with Gasteiger partial charge in [-0.25, -0.2) is 0 Å². The lowest BCUT2D eigenvalue weighted by Crippen LogP contribution is -2.26. The summed E-state index contributed by atoms with van der Waals surface area (Å²) in [6.45, 7) is 4.32. The molecule has 0 aromatic rings. The maximum Gasteiger partial charge on any atom is 0.302 e. The number of nitrogens with two attached hydrogens (primary N) is 1. The van der Waals surface area contributed by atoms with Crippen molar-refractivity contribution >= 4 is 5.97 Å². The summed E-state index contributed by atoms with van der Waals surface area (Å²) in [5.41, 5.74) is 5.34. The normalized spacial score (nSPS) is 10.3. The lowest BCUT2D eigenvalue weighted by Gasteiger charge is -2.15. The van der Waals surface area contributed by atoms with Crippen LogP contribution in [0.4, 0.5) is 0 Å². The van der Waals surface area contributed by atoms with Gasteiger partial charge in [-0.2, -0.15) is 0 Å². The number of esters is 1. The van der Waals surface area contributed by atoms with Gasteiger partial charge in [0.15, 0.2) is 0 Å². The Morgan fingerprint density at radius 3 is 2.67 bits per heavy atom. The minimum atomic E-state index is -0.220. The predicted octanol–water partition coefficient (Wildman–Crippen LogP) is -0.170. The van der Waals surface area contributed by atoms with Crippen LogP contribution in [-0.4, -0.2) is 44.2 Å². The molecule has 0 saturated heterocycles. The van der Waals surface area contributed by atoms with E-state index in [1.807, 2.05) is 7.05 Å². The minimum absolute atomic E-state index is 0.220. The third-order valence-electron chi connectivity index (χ3n) is 1.52. The molecular formula is C8H18N2O2. The first-order valence-corrected chi connectivity index (χ1v) is 4.18. The first kappa shape index (κ1) is 11.4. The van der Waals surface area contributed by atoms with Gasteiger partial charge in [-0.05, 0) is 26.6 Å². The van der Waals surface area contributed by atoms with Gasteiger partial charge in [-0.1, -0.05) is 0 Å². The standard InChI is InChI=1S/C8H18N2O2/c1-8(11)12-7-6-10(2)5-3-4-9/h3-7,9H2,1-2H3. The van der Waals surface area contributed by atoms with Gasteiger partial charge in [0.1, 0.15) is 6.61 Å². The summed E-state index contributed by atoms with van der Waals surface area (Å²) in [4.78, 5) is 12.5. The molecule has 0 heterocycles. The van der Waals surface area contributed by atoms with E-state index in [2.05, 4.69) is 4.90 Å². The zero-order valence-corrected chi connectivity index (χ0v) is 7.88. The van der Waals surface area contributed by atoms with E-state index in [4.69, 9.17) is 10.5 Å². The Balaban J connectivity index is 3.19. The molecule has 2 N–H and O–H groups in total. The van der Waals surface area contributed by atoms with Crippen LogP contribution in [0, 0.1) is 0 Å². The molecule has 0 spiro atoms. The summed E-state index contributed by atoms with van der Waals surface area (Å²) in [6.07, 6.45) is 0.983. The topological polar surface area (TPSA) is 55.6 Å². The molecule has 4 heteroatoms. The molecule has 0 unspecified atom stereocenters. The van der Waals surface area contributed by atoms with Crippen LogP contribution in [0.5, 0.6) is 0 Å². The third-order valence-corrected chi connectivity index (χ3v) is 1.52. The zero-order valence-electron chi connectivity index (χ0n) is 7.88. The fraction of sp³-hybridized carbons (Fsp3) is 0.875. The number of rotatable bonds is 6. The van der Waals surface area contributed by atoms with E-state index in [0.29, 0.717) is 13.2 Å². The molecule has 0 aliphatic rings. The van der Waals surface area contributed by atoms with Crippen molar-refractivity contribution in [2.75, 3.05) is 33.3 Å². The van der Waals surface area contributed by atoms with Crippen molar-refractivity contribution < 1.29 is 9.53 Å². The Kier molecular flexibility index (Phi) is 6.70. The summed E-state index contributed by atoms with van der Waals surface area (Å²) >= 11 is 0. The molecule has 0 aromatic heterocycles. The number of ether oxygens (including phenoxy) is 1. The van der Waals surface area contributed by atoms with E-state index in [0.717, 1.165) is 19.5 Å². The van der Waals surface area contributed by atoms with Crippen LogP contribution >= 0.6 is 0 Å². The molecule has 12 heavy (non-hydrogen) atoms. The second-order valence-corrected chi connectivity index (χ2v) is 2.79. The molecule has 0 aliphatic heterocycles. The monoisotopic (exact) mass is 174 g/mol. The van der Waals surface area contributed by atoms with Crippen LogP contribution in [0.3, 0.4) is 0 Å². The minimum Gasteiger partial charge on any atom is -0.465 e. The van der Waals surface area contributed by atoms with E-state index in [-0.39, 0.29) is 5.97 Å². The van der Waals surface area contributed by atoms with Crippen LogP contribution < -0.4 is 5.73 Å². The Bertz CT molecular complexity index is 128. The Labute approximate surface area is 73.7 Å². The van der Waals surface area contributed by atoms with E-state index in [1.54, 1.807) is 0 Å². The maximum absolute atomic E-state index is 10.4. The molecule has 0 aromatic carbocycles. The first-order valence-electron chi connectivity index (χ1n) is 4.18. The number of hydrogen-bond acceptors (Lipinski definition) is 4. The van der Waals surface area contributed by atoms with Crippen LogP contribution in [-0.2, 0) is 9.53 Å². The van der Waals surface area contributed by atoms with Crippen LogP contribution in [0.15, 0.2) is 0 Å². The van der Waals surface area contributed by atoms with Crippen LogP contribution in [0.2, 0.25) is 0 Å². The van der Waals surface area contributed by atoms with Crippen LogP contribution in [0.1, 0.15) is 13.3 Å². The molecule has 0 fully saturated rings. The second kappa shape index (κ2) is 7.06. The average Bonchev–Trinajstić information content (AvgIpc) is 2.00. The van der Waals surface area contributed by atoms with Crippen molar-refractivity contribution in [3.05, 3.63) is 0 Å². The summed E-state index contributed by atoms with van der Waals surface area (Å²) in [6, 6.07) is 0. The summed E-state index contributed by atoms with van der Waals surface area (Å²) in [5, 5.41) is 0. The van der Waals surface area contributed by atoms with Gasteiger partial charge in [-0.15, -0.1) is 0 Å². The highest BCUT2D eigenvalue weighted by Crippen LogP contribution is 1.86. The van der Waals surface area contributed by atoms with Gasteiger partial charge < -0.3 is 15.4 Å². The maximum atomic E-state index is 10.4.